The molecule has 10 nitrogen and oxygen atoms in total. The van der Waals surface area contributed by atoms with E-state index < -0.39 is 34.6 Å². The van der Waals surface area contributed by atoms with Gasteiger partial charge in [0.2, 0.25) is 11.8 Å². The van der Waals surface area contributed by atoms with E-state index >= 15 is 0 Å². The van der Waals surface area contributed by atoms with Crippen molar-refractivity contribution in [3.05, 3.63) is 36.9 Å². The van der Waals surface area contributed by atoms with E-state index in [0.717, 1.165) is 5.52 Å². The molecule has 35 heavy (non-hydrogen) atoms. The standard InChI is InChI=1S/C24H29N5O5S/c1-4-9-27(12-28-16-8-6-5-7-15(16)25-26-28)22(32)20-24-13(2)10-17(35-24)18(23(33)34)19(24)21(31)29(20)14(3)11-30/h4-8,13-14,17-20,30H,1,9-12H2,2-3H3,(H,33,34)/t13?,14-,17+,18-,19+,20?,24?/m1/s1. The lowest BCUT2D eigenvalue weighted by Crippen LogP contribution is -2.59. The maximum atomic E-state index is 14.3. The fraction of sp³-hybridized carbons (Fsp3) is 0.542. The molecule has 2 N–H and O–H groups in total. The van der Waals surface area contributed by atoms with Crippen molar-refractivity contribution in [2.24, 2.45) is 17.8 Å². The first-order valence-corrected chi connectivity index (χ1v) is 12.7. The number of aromatic nitrogens is 3. The van der Waals surface area contributed by atoms with Crippen molar-refractivity contribution in [2.45, 2.75) is 49.0 Å². The Bertz CT molecular complexity index is 1200. The summed E-state index contributed by atoms with van der Waals surface area (Å²) in [5.41, 5.74) is 1.47. The summed E-state index contributed by atoms with van der Waals surface area (Å²) >= 11 is 1.48. The Balaban J connectivity index is 1.57. The smallest absolute Gasteiger partial charge is 0.308 e. The molecule has 0 radical (unpaired) electrons. The number of para-hydroxylation sites is 1. The summed E-state index contributed by atoms with van der Waals surface area (Å²) in [6.07, 6.45) is 2.25. The molecule has 3 aliphatic rings. The summed E-state index contributed by atoms with van der Waals surface area (Å²) < 4.78 is 0.764. The number of fused-ring (bicyclic) bond motifs is 2. The zero-order chi connectivity index (χ0) is 25.1. The second-order valence-electron chi connectivity index (χ2n) is 9.74. The van der Waals surface area contributed by atoms with Crippen LogP contribution in [0.1, 0.15) is 20.3 Å². The molecule has 1 aromatic heterocycles. The number of amides is 2. The fourth-order valence-electron chi connectivity index (χ4n) is 6.31. The van der Waals surface area contributed by atoms with Gasteiger partial charge >= 0.3 is 5.97 Å². The van der Waals surface area contributed by atoms with Gasteiger partial charge in [-0.05, 0) is 31.4 Å². The third-order valence-corrected chi connectivity index (χ3v) is 9.90. The quantitative estimate of drug-likeness (QED) is 0.519. The van der Waals surface area contributed by atoms with Gasteiger partial charge in [0.1, 0.15) is 18.2 Å². The van der Waals surface area contributed by atoms with Crippen molar-refractivity contribution in [1.29, 1.82) is 0 Å². The average Bonchev–Trinajstić information content (AvgIpc) is 3.55. The number of carbonyl (C=O) groups excluding carboxylic acids is 2. The summed E-state index contributed by atoms with van der Waals surface area (Å²) in [6, 6.07) is 5.91. The van der Waals surface area contributed by atoms with Gasteiger partial charge in [-0.2, -0.15) is 0 Å². The van der Waals surface area contributed by atoms with Crippen molar-refractivity contribution in [3.8, 4) is 0 Å². The summed E-state index contributed by atoms with van der Waals surface area (Å²) in [5.74, 6) is -3.35. The van der Waals surface area contributed by atoms with Crippen LogP contribution in [0.25, 0.3) is 11.0 Å². The first-order chi connectivity index (χ1) is 16.8. The first kappa shape index (κ1) is 23.8. The highest BCUT2D eigenvalue weighted by Crippen LogP contribution is 2.68. The zero-order valence-corrected chi connectivity index (χ0v) is 20.5. The van der Waals surface area contributed by atoms with E-state index in [-0.39, 0.29) is 42.8 Å². The topological polar surface area (TPSA) is 129 Å². The van der Waals surface area contributed by atoms with E-state index in [4.69, 9.17) is 0 Å². The molecule has 2 amide bonds. The predicted octanol–water partition coefficient (Wildman–Crippen LogP) is 1.21. The summed E-state index contributed by atoms with van der Waals surface area (Å²) in [6.45, 7) is 7.49. The third-order valence-electron chi connectivity index (χ3n) is 7.83. The van der Waals surface area contributed by atoms with Crippen LogP contribution in [-0.4, -0.2) is 88.0 Å². The highest BCUT2D eigenvalue weighted by atomic mass is 32.2. The van der Waals surface area contributed by atoms with E-state index in [2.05, 4.69) is 16.9 Å². The predicted molar refractivity (Wildman–Crippen MR) is 129 cm³/mol. The molecule has 3 unspecified atom stereocenters. The second kappa shape index (κ2) is 8.63. The number of nitrogens with zero attached hydrogens (tertiary/aromatic N) is 5. The highest BCUT2D eigenvalue weighted by molar-refractivity contribution is 8.02. The molecule has 2 aromatic rings. The number of hydrogen-bond donors (Lipinski definition) is 2. The molecule has 7 atom stereocenters. The zero-order valence-electron chi connectivity index (χ0n) is 19.6. The number of carbonyl (C=O) groups is 3. The van der Waals surface area contributed by atoms with Gasteiger partial charge in [0.25, 0.3) is 0 Å². The monoisotopic (exact) mass is 499 g/mol. The number of hydrogen-bond acceptors (Lipinski definition) is 7. The van der Waals surface area contributed by atoms with Crippen LogP contribution in [0.4, 0.5) is 0 Å². The van der Waals surface area contributed by atoms with Crippen LogP contribution in [-0.2, 0) is 21.1 Å². The number of thioether (sulfide) groups is 1. The average molecular weight is 500 g/mol. The van der Waals surface area contributed by atoms with Gasteiger partial charge in [0, 0.05) is 11.8 Å². The van der Waals surface area contributed by atoms with Crippen LogP contribution in [0.15, 0.2) is 36.9 Å². The SMILES string of the molecule is C=CCN(Cn1nnc2ccccc21)C(=O)C1N([C@H](C)CO)C(=O)[C@@H]2[C@H](C(=O)O)[C@@H]3CC(C)C12S3. The lowest BCUT2D eigenvalue weighted by Gasteiger charge is -2.41. The fourth-order valence-corrected chi connectivity index (χ4v) is 8.71. The number of aliphatic hydroxyl groups excluding tert-OH is 1. The molecule has 1 aromatic carbocycles. The van der Waals surface area contributed by atoms with Crippen molar-refractivity contribution in [2.75, 3.05) is 13.2 Å². The van der Waals surface area contributed by atoms with Crippen LogP contribution in [0.5, 0.6) is 0 Å². The van der Waals surface area contributed by atoms with E-state index in [9.17, 15) is 24.6 Å². The minimum atomic E-state index is -1.00. The van der Waals surface area contributed by atoms with Crippen LogP contribution in [0.3, 0.4) is 0 Å². The van der Waals surface area contributed by atoms with Crippen LogP contribution < -0.4 is 0 Å². The minimum absolute atomic E-state index is 0.0373. The van der Waals surface area contributed by atoms with Gasteiger partial charge < -0.3 is 20.0 Å². The van der Waals surface area contributed by atoms with Crippen molar-refractivity contribution < 1.29 is 24.6 Å². The Labute approximate surface area is 206 Å². The van der Waals surface area contributed by atoms with Crippen molar-refractivity contribution in [3.63, 3.8) is 0 Å². The molecule has 3 aliphatic heterocycles. The molecule has 5 rings (SSSR count). The third kappa shape index (κ3) is 3.31. The van der Waals surface area contributed by atoms with Gasteiger partial charge in [0.05, 0.1) is 34.7 Å². The van der Waals surface area contributed by atoms with Crippen LogP contribution in [0, 0.1) is 17.8 Å². The van der Waals surface area contributed by atoms with E-state index in [1.165, 1.54) is 16.7 Å². The van der Waals surface area contributed by atoms with Crippen molar-refractivity contribution in [1.82, 2.24) is 24.8 Å². The lowest BCUT2D eigenvalue weighted by molar-refractivity contribution is -0.150. The molecular weight excluding hydrogens is 470 g/mol. The molecule has 0 saturated carbocycles. The van der Waals surface area contributed by atoms with Gasteiger partial charge in [-0.3, -0.25) is 14.4 Å². The summed E-state index contributed by atoms with van der Waals surface area (Å²) in [5, 5.41) is 28.1. The minimum Gasteiger partial charge on any atom is -0.481 e. The van der Waals surface area contributed by atoms with E-state index in [0.29, 0.717) is 11.9 Å². The molecule has 2 bridgehead atoms. The Morgan fingerprint density at radius 3 is 2.83 bits per heavy atom. The van der Waals surface area contributed by atoms with Gasteiger partial charge in [-0.1, -0.05) is 30.3 Å². The molecule has 3 saturated heterocycles. The molecular formula is C24H29N5O5S. The largest absolute Gasteiger partial charge is 0.481 e. The van der Waals surface area contributed by atoms with Crippen molar-refractivity contribution >= 4 is 40.6 Å². The normalized spacial score (nSPS) is 32.1. The van der Waals surface area contributed by atoms with E-state index in [1.54, 1.807) is 22.6 Å². The Morgan fingerprint density at radius 1 is 1.40 bits per heavy atom. The summed E-state index contributed by atoms with van der Waals surface area (Å²) in [4.78, 5) is 43.3. The maximum absolute atomic E-state index is 14.3. The number of carboxylic acids is 1. The Hall–Kier alpha value is -2.92. The number of aliphatic carboxylic acids is 1. The summed E-state index contributed by atoms with van der Waals surface area (Å²) in [7, 11) is 0. The number of aliphatic hydroxyl groups is 1. The highest BCUT2D eigenvalue weighted by Gasteiger charge is 2.76. The molecule has 0 aliphatic carbocycles. The molecule has 1 spiro atoms. The molecule has 3 fully saturated rings. The molecule has 4 heterocycles. The van der Waals surface area contributed by atoms with Gasteiger partial charge in [-0.25, -0.2) is 4.68 Å². The number of carboxylic acid groups (broad SMARTS) is 1. The Morgan fingerprint density at radius 2 is 2.14 bits per heavy atom. The maximum Gasteiger partial charge on any atom is 0.308 e. The van der Waals surface area contributed by atoms with Gasteiger partial charge in [0.15, 0.2) is 0 Å². The van der Waals surface area contributed by atoms with E-state index in [1.807, 2.05) is 31.2 Å². The first-order valence-electron chi connectivity index (χ1n) is 11.8. The Kier molecular flexibility index (Phi) is 5.87. The van der Waals surface area contributed by atoms with Gasteiger partial charge in [-0.15, -0.1) is 23.4 Å². The molecule has 186 valence electrons. The number of benzene rings is 1. The second-order valence-corrected chi connectivity index (χ2v) is 11.3. The lowest BCUT2D eigenvalue weighted by atomic mass is 9.66. The number of rotatable bonds is 8. The molecule has 11 heteroatoms. The number of likely N-dealkylation sites (tertiary alicyclic amines) is 1. The van der Waals surface area contributed by atoms with Crippen LogP contribution in [0.2, 0.25) is 0 Å². The van der Waals surface area contributed by atoms with Crippen LogP contribution >= 0.6 is 11.8 Å².